The van der Waals surface area contributed by atoms with E-state index >= 15 is 0 Å². The van der Waals surface area contributed by atoms with E-state index in [1.807, 2.05) is 0 Å². The van der Waals surface area contributed by atoms with Crippen LogP contribution in [0.4, 0.5) is 14.5 Å². The Kier molecular flexibility index (Phi) is 4.07. The molecule has 3 rings (SSSR count). The van der Waals surface area contributed by atoms with Crippen LogP contribution in [0.5, 0.6) is 5.75 Å². The number of benzene rings is 2. The maximum absolute atomic E-state index is 14.7. The average molecular weight is 365 g/mol. The molecule has 0 bridgehead atoms. The van der Waals surface area contributed by atoms with Crippen molar-refractivity contribution in [3.63, 3.8) is 0 Å². The Balaban J connectivity index is 2.17. The van der Waals surface area contributed by atoms with Gasteiger partial charge in [0, 0.05) is 6.07 Å². The highest BCUT2D eigenvalue weighted by atomic mass is 32.2. The van der Waals surface area contributed by atoms with Crippen molar-refractivity contribution in [2.24, 2.45) is 0 Å². The standard InChI is InChI=1S/C18H17F2NO3S/c1-18(2)10-14(11-4-6-12(19)7-5-11)17-15(20)8-13(9-16(17)24-18)21-25(3,22)23/h4-10,21H,1-3H3. The summed E-state index contributed by atoms with van der Waals surface area (Å²) in [5, 5.41) is 0. The fraction of sp³-hybridized carbons (Fsp3) is 0.222. The maximum atomic E-state index is 14.7. The van der Waals surface area contributed by atoms with Crippen molar-refractivity contribution < 1.29 is 21.9 Å². The molecule has 132 valence electrons. The molecule has 1 aliphatic rings. The van der Waals surface area contributed by atoms with E-state index in [1.165, 1.54) is 18.2 Å². The number of halogens is 2. The molecular formula is C18H17F2NO3S. The summed E-state index contributed by atoms with van der Waals surface area (Å²) in [6.45, 7) is 3.60. The number of rotatable bonds is 3. The molecule has 0 atom stereocenters. The fourth-order valence-electron chi connectivity index (χ4n) is 2.79. The molecule has 2 aromatic carbocycles. The first-order valence-corrected chi connectivity index (χ1v) is 9.43. The Morgan fingerprint density at radius 1 is 1.08 bits per heavy atom. The molecule has 0 spiro atoms. The van der Waals surface area contributed by atoms with Crippen molar-refractivity contribution in [3.8, 4) is 5.75 Å². The molecule has 0 unspecified atom stereocenters. The lowest BCUT2D eigenvalue weighted by molar-refractivity contribution is 0.157. The summed E-state index contributed by atoms with van der Waals surface area (Å²) in [5.74, 6) is -0.795. The van der Waals surface area contributed by atoms with Crippen molar-refractivity contribution in [1.82, 2.24) is 0 Å². The molecule has 0 radical (unpaired) electrons. The van der Waals surface area contributed by atoms with Crippen LogP contribution < -0.4 is 9.46 Å². The molecule has 1 heterocycles. The van der Waals surface area contributed by atoms with E-state index in [9.17, 15) is 17.2 Å². The zero-order valence-corrected chi connectivity index (χ0v) is 14.7. The Morgan fingerprint density at radius 2 is 1.72 bits per heavy atom. The van der Waals surface area contributed by atoms with Gasteiger partial charge in [0.15, 0.2) is 0 Å². The molecule has 0 saturated carbocycles. The van der Waals surface area contributed by atoms with Crippen LogP contribution in [0.2, 0.25) is 0 Å². The lowest BCUT2D eigenvalue weighted by Gasteiger charge is -2.32. The minimum atomic E-state index is -3.55. The molecule has 0 aromatic heterocycles. The van der Waals surface area contributed by atoms with Crippen LogP contribution in [-0.4, -0.2) is 20.3 Å². The quantitative estimate of drug-likeness (QED) is 0.896. The second-order valence-electron chi connectivity index (χ2n) is 6.48. The minimum absolute atomic E-state index is 0.0786. The SMILES string of the molecule is CC1(C)C=C(c2ccc(F)cc2)c2c(F)cc(NS(C)(=O)=O)cc2O1. The maximum Gasteiger partial charge on any atom is 0.229 e. The second-order valence-corrected chi connectivity index (χ2v) is 8.22. The van der Waals surface area contributed by atoms with Crippen LogP contribution in [0.15, 0.2) is 42.5 Å². The average Bonchev–Trinajstić information content (AvgIpc) is 2.43. The van der Waals surface area contributed by atoms with Crippen molar-refractivity contribution in [3.05, 3.63) is 65.2 Å². The van der Waals surface area contributed by atoms with E-state index in [4.69, 9.17) is 4.74 Å². The van der Waals surface area contributed by atoms with Gasteiger partial charge in [0.1, 0.15) is 23.0 Å². The predicted molar refractivity (Wildman–Crippen MR) is 93.1 cm³/mol. The lowest BCUT2D eigenvalue weighted by atomic mass is 9.89. The third-order valence-corrected chi connectivity index (χ3v) is 4.25. The van der Waals surface area contributed by atoms with Gasteiger partial charge in [-0.3, -0.25) is 4.72 Å². The normalized spacial score (nSPS) is 15.8. The number of nitrogens with one attached hydrogen (secondary N) is 1. The van der Waals surface area contributed by atoms with E-state index < -0.39 is 21.4 Å². The molecule has 0 fully saturated rings. The molecule has 1 N–H and O–H groups in total. The first kappa shape index (κ1) is 17.4. The molecule has 1 aliphatic heterocycles. The van der Waals surface area contributed by atoms with Crippen LogP contribution in [0, 0.1) is 11.6 Å². The number of ether oxygens (including phenoxy) is 1. The van der Waals surface area contributed by atoms with Crippen molar-refractivity contribution in [2.75, 3.05) is 11.0 Å². The summed E-state index contributed by atoms with van der Waals surface area (Å²) >= 11 is 0. The highest BCUT2D eigenvalue weighted by Gasteiger charge is 2.30. The van der Waals surface area contributed by atoms with Gasteiger partial charge in [-0.25, -0.2) is 17.2 Å². The van der Waals surface area contributed by atoms with Gasteiger partial charge in [0.25, 0.3) is 0 Å². The largest absolute Gasteiger partial charge is 0.483 e. The number of hydrogen-bond acceptors (Lipinski definition) is 3. The summed E-state index contributed by atoms with van der Waals surface area (Å²) in [6, 6.07) is 8.27. The van der Waals surface area contributed by atoms with E-state index in [1.54, 1.807) is 32.1 Å². The summed E-state index contributed by atoms with van der Waals surface area (Å²) in [7, 11) is -3.55. The van der Waals surface area contributed by atoms with Gasteiger partial charge in [0.2, 0.25) is 10.0 Å². The second kappa shape index (κ2) is 5.84. The number of hydrogen-bond donors (Lipinski definition) is 1. The molecule has 0 aliphatic carbocycles. The fourth-order valence-corrected chi connectivity index (χ4v) is 3.33. The molecular weight excluding hydrogens is 348 g/mol. The number of anilines is 1. The summed E-state index contributed by atoms with van der Waals surface area (Å²) < 4.78 is 58.8. The van der Waals surface area contributed by atoms with Gasteiger partial charge in [-0.1, -0.05) is 12.1 Å². The van der Waals surface area contributed by atoms with Gasteiger partial charge in [-0.05, 0) is 49.3 Å². The molecule has 4 nitrogen and oxygen atoms in total. The Labute approximate surface area is 145 Å². The summed E-state index contributed by atoms with van der Waals surface area (Å²) in [4.78, 5) is 0. The van der Waals surface area contributed by atoms with Crippen LogP contribution in [0.3, 0.4) is 0 Å². The highest BCUT2D eigenvalue weighted by Crippen LogP contribution is 2.42. The van der Waals surface area contributed by atoms with Crippen LogP contribution in [-0.2, 0) is 10.0 Å². The topological polar surface area (TPSA) is 55.4 Å². The smallest absolute Gasteiger partial charge is 0.229 e. The highest BCUT2D eigenvalue weighted by molar-refractivity contribution is 7.92. The van der Waals surface area contributed by atoms with Gasteiger partial charge in [-0.15, -0.1) is 0 Å². The van der Waals surface area contributed by atoms with Crippen molar-refractivity contribution in [2.45, 2.75) is 19.4 Å². The van der Waals surface area contributed by atoms with Gasteiger partial charge in [-0.2, -0.15) is 0 Å². The monoisotopic (exact) mass is 365 g/mol. The first-order chi connectivity index (χ1) is 11.5. The van der Waals surface area contributed by atoms with Gasteiger partial charge >= 0.3 is 0 Å². The van der Waals surface area contributed by atoms with Crippen molar-refractivity contribution >= 4 is 21.3 Å². The lowest BCUT2D eigenvalue weighted by Crippen LogP contribution is -2.29. The molecule has 25 heavy (non-hydrogen) atoms. The predicted octanol–water partition coefficient (Wildman–Crippen LogP) is 3.94. The summed E-state index contributed by atoms with van der Waals surface area (Å²) in [6.07, 6.45) is 2.74. The number of sulfonamides is 1. The van der Waals surface area contributed by atoms with Crippen molar-refractivity contribution in [1.29, 1.82) is 0 Å². The first-order valence-electron chi connectivity index (χ1n) is 7.54. The third-order valence-electron chi connectivity index (χ3n) is 3.65. The minimum Gasteiger partial charge on any atom is -0.483 e. The van der Waals surface area contributed by atoms with Crippen LogP contribution in [0.1, 0.15) is 25.0 Å². The van der Waals surface area contributed by atoms with E-state index in [2.05, 4.69) is 4.72 Å². The van der Waals surface area contributed by atoms with E-state index in [-0.39, 0.29) is 22.8 Å². The Hall–Kier alpha value is -2.41. The zero-order chi connectivity index (χ0) is 18.4. The molecule has 2 aromatic rings. The molecule has 0 saturated heterocycles. The van der Waals surface area contributed by atoms with E-state index in [0.717, 1.165) is 12.3 Å². The molecule has 0 amide bonds. The van der Waals surface area contributed by atoms with Crippen LogP contribution in [0.25, 0.3) is 5.57 Å². The van der Waals surface area contributed by atoms with Gasteiger partial charge < -0.3 is 4.74 Å². The zero-order valence-electron chi connectivity index (χ0n) is 13.9. The Morgan fingerprint density at radius 3 is 2.32 bits per heavy atom. The number of fused-ring (bicyclic) bond motifs is 1. The Bertz CT molecular complexity index is 965. The van der Waals surface area contributed by atoms with Gasteiger partial charge in [0.05, 0.1) is 17.5 Å². The third kappa shape index (κ3) is 3.82. The van der Waals surface area contributed by atoms with Crippen LogP contribution >= 0.6 is 0 Å². The van der Waals surface area contributed by atoms with E-state index in [0.29, 0.717) is 11.1 Å². The summed E-state index contributed by atoms with van der Waals surface area (Å²) in [5.41, 5.74) is 0.753. The molecule has 7 heteroatoms.